The number of aryl methyl sites for hydroxylation is 1. The molecule has 0 bridgehead atoms. The van der Waals surface area contributed by atoms with Gasteiger partial charge in [0.25, 0.3) is 5.56 Å². The summed E-state index contributed by atoms with van der Waals surface area (Å²) >= 11 is 6.08. The Morgan fingerprint density at radius 3 is 2.51 bits per heavy atom. The molecule has 1 aromatic heterocycles. The quantitative estimate of drug-likeness (QED) is 0.172. The molecule has 1 unspecified atom stereocenters. The summed E-state index contributed by atoms with van der Waals surface area (Å²) in [6.45, 7) is 0.503. The van der Waals surface area contributed by atoms with Gasteiger partial charge in [-0.05, 0) is 116 Å². The molecule has 8 heteroatoms. The molecule has 5 aromatic rings. The monoisotopic (exact) mass is 808 g/mol. The molecule has 0 saturated carbocycles. The molecule has 1 aliphatic carbocycles. The van der Waals surface area contributed by atoms with Gasteiger partial charge in [0, 0.05) is 5.56 Å². The summed E-state index contributed by atoms with van der Waals surface area (Å²) in [5, 5.41) is 0. The first kappa shape index (κ1) is 28.5. The first-order chi connectivity index (χ1) is 21.0. The van der Waals surface area contributed by atoms with Gasteiger partial charge in [-0.25, -0.2) is 4.99 Å². The van der Waals surface area contributed by atoms with Crippen LogP contribution in [0.5, 0.6) is 11.5 Å². The minimum absolute atomic E-state index is 0.0311. The van der Waals surface area contributed by atoms with E-state index in [1.165, 1.54) is 22.5 Å². The fraction of sp³-hybridized carbons (Fsp3) is 0.143. The fourth-order valence-electron chi connectivity index (χ4n) is 5.82. The zero-order chi connectivity index (χ0) is 29.5. The van der Waals surface area contributed by atoms with E-state index < -0.39 is 0 Å². The molecular weight excluding hydrogens is 782 g/mol. The van der Waals surface area contributed by atoms with Crippen molar-refractivity contribution in [3.05, 3.63) is 151 Å². The zero-order valence-corrected chi connectivity index (χ0v) is 28.4. The standard InChI is InChI=1S/C35H26I2N2O3S/c1-41-25-12-7-11-24(19-25)32-27-15-14-23-10-5-6-13-26(23)31(27)38-35-39(32)34(40)30(43-35)18-22-16-28(36)33(29(37)17-22)42-20-21-8-3-2-4-9-21/h2-13,16-19,32H,14-15,20H2,1H3/b30-18-. The number of fused-ring (bicyclic) bond motifs is 3. The topological polar surface area (TPSA) is 52.8 Å². The van der Waals surface area contributed by atoms with Crippen LogP contribution in [-0.2, 0) is 13.0 Å². The van der Waals surface area contributed by atoms with E-state index in [0.29, 0.717) is 15.9 Å². The van der Waals surface area contributed by atoms with Gasteiger partial charge in [0.2, 0.25) is 0 Å². The van der Waals surface area contributed by atoms with Crippen molar-refractivity contribution in [2.24, 2.45) is 4.99 Å². The van der Waals surface area contributed by atoms with Gasteiger partial charge in [-0.2, -0.15) is 0 Å². The first-order valence-electron chi connectivity index (χ1n) is 13.9. The normalized spacial score (nSPS) is 15.8. The Labute approximate surface area is 280 Å². The Bertz CT molecular complexity index is 2060. The van der Waals surface area contributed by atoms with Crippen LogP contribution in [0.1, 0.15) is 40.3 Å². The van der Waals surface area contributed by atoms with Crippen LogP contribution in [0.25, 0.3) is 11.8 Å². The number of thiazole rings is 1. The van der Waals surface area contributed by atoms with Crippen LogP contribution < -0.4 is 24.4 Å². The Morgan fingerprint density at radius 2 is 1.72 bits per heavy atom. The van der Waals surface area contributed by atoms with Gasteiger partial charge in [0.05, 0.1) is 30.5 Å². The molecule has 0 spiro atoms. The van der Waals surface area contributed by atoms with Gasteiger partial charge in [-0.1, -0.05) is 78.1 Å². The highest BCUT2D eigenvalue weighted by molar-refractivity contribution is 14.1. The lowest BCUT2D eigenvalue weighted by atomic mass is 9.83. The van der Waals surface area contributed by atoms with Crippen molar-refractivity contribution in [3.63, 3.8) is 0 Å². The summed E-state index contributed by atoms with van der Waals surface area (Å²) in [5.74, 6) is 1.63. The number of hydrogen-bond acceptors (Lipinski definition) is 5. The maximum absolute atomic E-state index is 14.2. The third kappa shape index (κ3) is 5.49. The third-order valence-electron chi connectivity index (χ3n) is 7.83. The molecule has 43 heavy (non-hydrogen) atoms. The van der Waals surface area contributed by atoms with E-state index in [1.54, 1.807) is 7.11 Å². The van der Waals surface area contributed by atoms with E-state index >= 15 is 0 Å². The van der Waals surface area contributed by atoms with Crippen LogP contribution in [0.15, 0.2) is 106 Å². The fourth-order valence-corrected chi connectivity index (χ4v) is 8.94. The highest BCUT2D eigenvalue weighted by Gasteiger charge is 2.32. The lowest BCUT2D eigenvalue weighted by Crippen LogP contribution is -2.38. The molecule has 0 amide bonds. The van der Waals surface area contributed by atoms with Gasteiger partial charge in [-0.3, -0.25) is 9.36 Å². The molecule has 7 rings (SSSR count). The Hall–Kier alpha value is -3.22. The molecule has 214 valence electrons. The average molecular weight is 808 g/mol. The van der Waals surface area contributed by atoms with E-state index in [2.05, 4.69) is 99.8 Å². The van der Waals surface area contributed by atoms with Gasteiger partial charge < -0.3 is 9.47 Å². The van der Waals surface area contributed by atoms with Crippen LogP contribution in [0, 0.1) is 7.14 Å². The predicted octanol–water partition coefficient (Wildman–Crippen LogP) is 7.12. The number of hydrogen-bond donors (Lipinski definition) is 0. The van der Waals surface area contributed by atoms with Crippen LogP contribution in [0.2, 0.25) is 0 Å². The van der Waals surface area contributed by atoms with E-state index in [4.69, 9.17) is 14.5 Å². The summed E-state index contributed by atoms with van der Waals surface area (Å²) in [5.41, 5.74) is 7.70. The molecular formula is C35H26I2N2O3S. The smallest absolute Gasteiger partial charge is 0.271 e. The van der Waals surface area contributed by atoms with Gasteiger partial charge >= 0.3 is 0 Å². The van der Waals surface area contributed by atoms with Crippen molar-refractivity contribution in [1.82, 2.24) is 4.57 Å². The molecule has 0 saturated heterocycles. The van der Waals surface area contributed by atoms with E-state index in [-0.39, 0.29) is 11.6 Å². The number of methoxy groups -OCH3 is 1. The largest absolute Gasteiger partial charge is 0.497 e. The minimum atomic E-state index is -0.245. The minimum Gasteiger partial charge on any atom is -0.497 e. The second-order valence-electron chi connectivity index (χ2n) is 10.5. The number of ether oxygens (including phenoxy) is 2. The van der Waals surface area contributed by atoms with Gasteiger partial charge in [-0.15, -0.1) is 0 Å². The number of halogens is 2. The molecule has 5 nitrogen and oxygen atoms in total. The van der Waals surface area contributed by atoms with Crippen LogP contribution >= 0.6 is 56.5 Å². The van der Waals surface area contributed by atoms with Gasteiger partial charge in [0.15, 0.2) is 4.80 Å². The number of benzene rings is 4. The van der Waals surface area contributed by atoms with Crippen LogP contribution in [0.4, 0.5) is 0 Å². The van der Waals surface area contributed by atoms with E-state index in [1.807, 2.05) is 47.0 Å². The second kappa shape index (κ2) is 12.0. The summed E-state index contributed by atoms with van der Waals surface area (Å²) < 4.78 is 16.3. The maximum atomic E-state index is 14.2. The molecule has 0 radical (unpaired) electrons. The lowest BCUT2D eigenvalue weighted by molar-refractivity contribution is 0.301. The van der Waals surface area contributed by atoms with E-state index in [0.717, 1.165) is 59.4 Å². The van der Waals surface area contributed by atoms with Crippen molar-refractivity contribution < 1.29 is 9.47 Å². The van der Waals surface area contributed by atoms with Crippen molar-refractivity contribution in [1.29, 1.82) is 0 Å². The summed E-state index contributed by atoms with van der Waals surface area (Å²) in [7, 11) is 1.67. The van der Waals surface area contributed by atoms with Crippen LogP contribution in [-0.4, -0.2) is 11.7 Å². The highest BCUT2D eigenvalue weighted by atomic mass is 127. The van der Waals surface area contributed by atoms with Crippen molar-refractivity contribution >= 4 is 68.3 Å². The Morgan fingerprint density at radius 1 is 0.953 bits per heavy atom. The predicted molar refractivity (Wildman–Crippen MR) is 188 cm³/mol. The van der Waals surface area contributed by atoms with E-state index in [9.17, 15) is 4.79 Å². The molecule has 4 aromatic carbocycles. The zero-order valence-electron chi connectivity index (χ0n) is 23.2. The number of nitrogens with zero attached hydrogens (tertiary/aromatic N) is 2. The molecule has 1 atom stereocenters. The summed E-state index contributed by atoms with van der Waals surface area (Å²) in [6.07, 6.45) is 3.75. The number of allylic oxidation sites excluding steroid dienone is 1. The molecule has 0 N–H and O–H groups in total. The lowest BCUT2D eigenvalue weighted by Gasteiger charge is -2.31. The second-order valence-corrected chi connectivity index (χ2v) is 13.8. The Balaban J connectivity index is 1.33. The molecule has 1 aliphatic heterocycles. The maximum Gasteiger partial charge on any atom is 0.271 e. The summed E-state index contributed by atoms with van der Waals surface area (Å²) in [6, 6.07) is 30.6. The SMILES string of the molecule is COc1cccc(C2C3=C(N=c4s/c(=C\c5cc(I)c(OCc6ccccc6)c(I)c5)c(=O)n42)c2ccccc2CC3)c1. The number of rotatable bonds is 6. The molecule has 2 heterocycles. The van der Waals surface area contributed by atoms with Crippen molar-refractivity contribution in [3.8, 4) is 11.5 Å². The third-order valence-corrected chi connectivity index (χ3v) is 10.4. The molecule has 0 fully saturated rings. The Kier molecular flexibility index (Phi) is 8.00. The highest BCUT2D eigenvalue weighted by Crippen LogP contribution is 2.41. The molecule has 2 aliphatic rings. The van der Waals surface area contributed by atoms with Gasteiger partial charge in [0.1, 0.15) is 18.1 Å². The summed E-state index contributed by atoms with van der Waals surface area (Å²) in [4.78, 5) is 20.0. The first-order valence-corrected chi connectivity index (χ1v) is 16.9. The van der Waals surface area contributed by atoms with Crippen molar-refractivity contribution in [2.75, 3.05) is 7.11 Å². The number of aromatic nitrogens is 1. The van der Waals surface area contributed by atoms with Crippen LogP contribution in [0.3, 0.4) is 0 Å². The van der Waals surface area contributed by atoms with Crippen molar-refractivity contribution in [2.45, 2.75) is 25.5 Å². The average Bonchev–Trinajstić information content (AvgIpc) is 3.33.